The minimum atomic E-state index is 0.791. The molecule has 0 heterocycles. The van der Waals surface area contributed by atoms with E-state index >= 15 is 0 Å². The van der Waals surface area contributed by atoms with Crippen molar-refractivity contribution in [1.29, 1.82) is 0 Å². The van der Waals surface area contributed by atoms with E-state index in [0.29, 0.717) is 0 Å². The van der Waals surface area contributed by atoms with Crippen molar-refractivity contribution in [2.45, 2.75) is 57.9 Å². The lowest BCUT2D eigenvalue weighted by atomic mass is 9.83. The van der Waals surface area contributed by atoms with Crippen LogP contribution in [-0.2, 0) is 6.42 Å². The monoisotopic (exact) mass is 245 g/mol. The number of nitrogens with one attached hydrogen (secondary N) is 1. The molecule has 1 heteroatoms. The van der Waals surface area contributed by atoms with Crippen molar-refractivity contribution in [2.75, 3.05) is 6.54 Å². The quantitative estimate of drug-likeness (QED) is 0.741. The van der Waals surface area contributed by atoms with E-state index in [1.54, 1.807) is 0 Å². The van der Waals surface area contributed by atoms with E-state index in [-0.39, 0.29) is 0 Å². The van der Waals surface area contributed by atoms with Gasteiger partial charge in [0.05, 0.1) is 0 Å². The van der Waals surface area contributed by atoms with Crippen LogP contribution < -0.4 is 5.32 Å². The van der Waals surface area contributed by atoms with Gasteiger partial charge >= 0.3 is 0 Å². The number of hydrogen-bond acceptors (Lipinski definition) is 1. The average molecular weight is 245 g/mol. The van der Waals surface area contributed by atoms with Crippen LogP contribution in [0.5, 0.6) is 0 Å². The Morgan fingerprint density at radius 3 is 2.67 bits per heavy atom. The van der Waals surface area contributed by atoms with E-state index < -0.39 is 0 Å². The van der Waals surface area contributed by atoms with Crippen LogP contribution in [0.1, 0.15) is 51.0 Å². The third-order valence-corrected chi connectivity index (χ3v) is 4.33. The molecular formula is C17H27N. The Bertz CT molecular complexity index is 320. The van der Waals surface area contributed by atoms with E-state index in [2.05, 4.69) is 42.6 Å². The van der Waals surface area contributed by atoms with E-state index in [9.17, 15) is 0 Å². The van der Waals surface area contributed by atoms with Gasteiger partial charge < -0.3 is 5.32 Å². The van der Waals surface area contributed by atoms with Crippen LogP contribution in [0.3, 0.4) is 0 Å². The van der Waals surface area contributed by atoms with Crippen molar-refractivity contribution in [3.05, 3.63) is 35.9 Å². The summed E-state index contributed by atoms with van der Waals surface area (Å²) in [6.45, 7) is 3.52. The Labute approximate surface area is 112 Å². The van der Waals surface area contributed by atoms with Gasteiger partial charge in [-0.05, 0) is 43.7 Å². The van der Waals surface area contributed by atoms with Gasteiger partial charge in [-0.15, -0.1) is 0 Å². The largest absolute Gasteiger partial charge is 0.314 e. The topological polar surface area (TPSA) is 12.0 Å². The highest BCUT2D eigenvalue weighted by Gasteiger charge is 2.22. The molecule has 1 aliphatic rings. The fourth-order valence-corrected chi connectivity index (χ4v) is 3.19. The third kappa shape index (κ3) is 4.13. The zero-order valence-electron chi connectivity index (χ0n) is 11.7. The summed E-state index contributed by atoms with van der Waals surface area (Å²) in [5.74, 6) is 0.926. The van der Waals surface area contributed by atoms with Crippen LogP contribution >= 0.6 is 0 Å². The highest BCUT2D eigenvalue weighted by molar-refractivity contribution is 5.14. The summed E-state index contributed by atoms with van der Waals surface area (Å²) in [6, 6.07) is 11.6. The van der Waals surface area contributed by atoms with Gasteiger partial charge in [-0.2, -0.15) is 0 Å². The molecule has 0 amide bonds. The smallest absolute Gasteiger partial charge is 0.00952 e. The summed E-state index contributed by atoms with van der Waals surface area (Å²) in [5, 5.41) is 3.79. The summed E-state index contributed by atoms with van der Waals surface area (Å²) < 4.78 is 0. The Kier molecular flexibility index (Phi) is 5.73. The minimum absolute atomic E-state index is 0.791. The van der Waals surface area contributed by atoms with Crippen molar-refractivity contribution in [3.8, 4) is 0 Å². The predicted octanol–water partition coefficient (Wildman–Crippen LogP) is 4.18. The molecule has 100 valence electrons. The maximum Gasteiger partial charge on any atom is 0.00952 e. The highest BCUT2D eigenvalue weighted by Crippen LogP contribution is 2.26. The summed E-state index contributed by atoms with van der Waals surface area (Å²) in [7, 11) is 0. The Morgan fingerprint density at radius 2 is 1.89 bits per heavy atom. The number of hydrogen-bond donors (Lipinski definition) is 1. The molecule has 1 nitrogen and oxygen atoms in total. The molecule has 2 unspecified atom stereocenters. The first-order valence-electron chi connectivity index (χ1n) is 7.67. The van der Waals surface area contributed by atoms with Crippen molar-refractivity contribution in [2.24, 2.45) is 5.92 Å². The second kappa shape index (κ2) is 7.58. The second-order valence-electron chi connectivity index (χ2n) is 5.60. The molecule has 0 aromatic heterocycles. The van der Waals surface area contributed by atoms with Crippen LogP contribution in [0, 0.1) is 5.92 Å². The molecule has 2 atom stereocenters. The number of aryl methyl sites for hydroxylation is 1. The molecule has 1 fully saturated rings. The van der Waals surface area contributed by atoms with Gasteiger partial charge in [0.1, 0.15) is 0 Å². The van der Waals surface area contributed by atoms with Gasteiger partial charge in [-0.1, -0.05) is 56.5 Å². The second-order valence-corrected chi connectivity index (χ2v) is 5.60. The van der Waals surface area contributed by atoms with Crippen LogP contribution in [-0.4, -0.2) is 12.6 Å². The molecule has 1 N–H and O–H groups in total. The van der Waals surface area contributed by atoms with Gasteiger partial charge in [0.15, 0.2) is 0 Å². The number of benzene rings is 1. The third-order valence-electron chi connectivity index (χ3n) is 4.33. The first-order chi connectivity index (χ1) is 8.90. The Hall–Kier alpha value is -0.820. The Morgan fingerprint density at radius 1 is 1.11 bits per heavy atom. The van der Waals surface area contributed by atoms with Gasteiger partial charge in [-0.25, -0.2) is 0 Å². The average Bonchev–Trinajstić information content (AvgIpc) is 2.45. The van der Waals surface area contributed by atoms with Crippen molar-refractivity contribution in [1.82, 2.24) is 5.32 Å². The van der Waals surface area contributed by atoms with E-state index in [4.69, 9.17) is 0 Å². The molecule has 0 radical (unpaired) electrons. The summed E-state index contributed by atoms with van der Waals surface area (Å²) >= 11 is 0. The lowest BCUT2D eigenvalue weighted by Gasteiger charge is -2.31. The molecule has 0 saturated heterocycles. The van der Waals surface area contributed by atoms with E-state index in [0.717, 1.165) is 12.0 Å². The maximum atomic E-state index is 3.79. The lowest BCUT2D eigenvalue weighted by molar-refractivity contribution is 0.255. The maximum absolute atomic E-state index is 3.79. The molecule has 1 saturated carbocycles. The zero-order valence-corrected chi connectivity index (χ0v) is 11.7. The Balaban J connectivity index is 1.65. The highest BCUT2D eigenvalue weighted by atomic mass is 14.9. The molecule has 0 bridgehead atoms. The fraction of sp³-hybridized carbons (Fsp3) is 0.647. The van der Waals surface area contributed by atoms with Crippen LogP contribution in [0.2, 0.25) is 0 Å². The van der Waals surface area contributed by atoms with E-state index in [1.807, 2.05) is 0 Å². The van der Waals surface area contributed by atoms with Gasteiger partial charge in [0, 0.05) is 6.04 Å². The van der Waals surface area contributed by atoms with Crippen LogP contribution in [0.25, 0.3) is 0 Å². The normalized spacial score (nSPS) is 24.1. The summed E-state index contributed by atoms with van der Waals surface area (Å²) in [5.41, 5.74) is 1.47. The van der Waals surface area contributed by atoms with Crippen molar-refractivity contribution >= 4 is 0 Å². The molecule has 0 aliphatic heterocycles. The van der Waals surface area contributed by atoms with Gasteiger partial charge in [0.2, 0.25) is 0 Å². The summed E-state index contributed by atoms with van der Waals surface area (Å²) in [6.07, 6.45) is 9.51. The number of rotatable bonds is 6. The zero-order chi connectivity index (χ0) is 12.6. The fourth-order valence-electron chi connectivity index (χ4n) is 3.19. The first kappa shape index (κ1) is 13.6. The molecule has 1 aromatic rings. The molecule has 0 spiro atoms. The van der Waals surface area contributed by atoms with Gasteiger partial charge in [0.25, 0.3) is 0 Å². The first-order valence-corrected chi connectivity index (χ1v) is 7.67. The van der Waals surface area contributed by atoms with Gasteiger partial charge in [-0.3, -0.25) is 0 Å². The van der Waals surface area contributed by atoms with Crippen LogP contribution in [0.4, 0.5) is 0 Å². The molecular weight excluding hydrogens is 218 g/mol. The van der Waals surface area contributed by atoms with Crippen molar-refractivity contribution in [3.63, 3.8) is 0 Å². The van der Waals surface area contributed by atoms with Crippen LogP contribution in [0.15, 0.2) is 30.3 Å². The molecule has 1 aromatic carbocycles. The lowest BCUT2D eigenvalue weighted by Crippen LogP contribution is -2.38. The van der Waals surface area contributed by atoms with E-state index in [1.165, 1.54) is 57.1 Å². The van der Waals surface area contributed by atoms with Crippen molar-refractivity contribution < 1.29 is 0 Å². The molecule has 18 heavy (non-hydrogen) atoms. The minimum Gasteiger partial charge on any atom is -0.314 e. The molecule has 1 aliphatic carbocycles. The SMILES string of the molecule is CCC1CCCCC1NCCCc1ccccc1. The summed E-state index contributed by atoms with van der Waals surface area (Å²) in [4.78, 5) is 0. The standard InChI is InChI=1S/C17H27N/c1-2-16-12-6-7-13-17(16)18-14-8-11-15-9-4-3-5-10-15/h3-5,9-10,16-18H,2,6-8,11-14H2,1H3. The predicted molar refractivity (Wildman–Crippen MR) is 78.8 cm³/mol. The molecule has 2 rings (SSSR count).